The SMILES string of the molecule is OCCC(CO)(CO)C(CC1CO1)(CC1CO1)CC1CO1. The number of epoxide rings is 3. The van der Waals surface area contributed by atoms with Gasteiger partial charge in [-0.15, -0.1) is 0 Å². The Hall–Kier alpha value is -0.240. The Morgan fingerprint density at radius 2 is 1.10 bits per heavy atom. The first-order valence-corrected chi connectivity index (χ1v) is 7.84. The van der Waals surface area contributed by atoms with Gasteiger partial charge in [0.25, 0.3) is 0 Å². The highest BCUT2D eigenvalue weighted by Gasteiger charge is 2.56. The van der Waals surface area contributed by atoms with Gasteiger partial charge >= 0.3 is 0 Å². The Kier molecular flexibility index (Phi) is 4.55. The van der Waals surface area contributed by atoms with Crippen LogP contribution in [0.4, 0.5) is 0 Å². The summed E-state index contributed by atoms with van der Waals surface area (Å²) in [6.07, 6.45) is 3.32. The van der Waals surface area contributed by atoms with Crippen molar-refractivity contribution in [2.24, 2.45) is 10.8 Å². The second kappa shape index (κ2) is 6.10. The number of rotatable bonds is 11. The molecule has 3 saturated heterocycles. The number of hydrogen-bond donors (Lipinski definition) is 3. The van der Waals surface area contributed by atoms with Crippen LogP contribution in [0.5, 0.6) is 0 Å². The van der Waals surface area contributed by atoms with Crippen molar-refractivity contribution in [2.75, 3.05) is 39.6 Å². The zero-order valence-corrected chi connectivity index (χ0v) is 12.4. The van der Waals surface area contributed by atoms with Gasteiger partial charge in [0.2, 0.25) is 0 Å². The van der Waals surface area contributed by atoms with E-state index >= 15 is 0 Å². The quantitative estimate of drug-likeness (QED) is 0.453. The second-order valence-corrected chi connectivity index (χ2v) is 6.83. The second-order valence-electron chi connectivity index (χ2n) is 6.83. The van der Waals surface area contributed by atoms with Gasteiger partial charge in [-0.05, 0) is 31.1 Å². The normalized spacial score (nSPS) is 33.6. The Morgan fingerprint density at radius 1 is 0.714 bits per heavy atom. The molecule has 0 spiro atoms. The lowest BCUT2D eigenvalue weighted by molar-refractivity contribution is -0.0973. The fourth-order valence-corrected chi connectivity index (χ4v) is 3.79. The first-order chi connectivity index (χ1) is 10.2. The standard InChI is InChI=1S/C15H26O6/c16-2-1-14(9-17,10-18)15(3-11-6-19-11,4-12-7-20-12)5-13-8-21-13/h11-13,16-18H,1-10H2. The molecule has 21 heavy (non-hydrogen) atoms. The fraction of sp³-hybridized carbons (Fsp3) is 1.00. The molecule has 3 aliphatic rings. The maximum Gasteiger partial charge on any atom is 0.0815 e. The lowest BCUT2D eigenvalue weighted by Gasteiger charge is -2.49. The molecule has 3 N–H and O–H groups in total. The van der Waals surface area contributed by atoms with Crippen LogP contribution < -0.4 is 0 Å². The van der Waals surface area contributed by atoms with Gasteiger partial charge < -0.3 is 29.5 Å². The summed E-state index contributed by atoms with van der Waals surface area (Å²) in [5, 5.41) is 29.6. The Bertz CT molecular complexity index is 308. The summed E-state index contributed by atoms with van der Waals surface area (Å²) in [4.78, 5) is 0. The number of aliphatic hydroxyl groups excluding tert-OH is 3. The summed E-state index contributed by atoms with van der Waals surface area (Å²) in [6, 6.07) is 0. The third-order valence-electron chi connectivity index (χ3n) is 5.38. The molecule has 0 aromatic carbocycles. The van der Waals surface area contributed by atoms with Crippen molar-refractivity contribution in [3.63, 3.8) is 0 Å². The van der Waals surface area contributed by atoms with Crippen LogP contribution in [0.2, 0.25) is 0 Å². The summed E-state index contributed by atoms with van der Waals surface area (Å²) < 4.78 is 16.3. The van der Waals surface area contributed by atoms with Gasteiger partial charge in [-0.3, -0.25) is 0 Å². The van der Waals surface area contributed by atoms with Crippen molar-refractivity contribution >= 4 is 0 Å². The highest BCUT2D eigenvalue weighted by Crippen LogP contribution is 2.55. The van der Waals surface area contributed by atoms with Gasteiger partial charge in [0.15, 0.2) is 0 Å². The van der Waals surface area contributed by atoms with Gasteiger partial charge in [0, 0.05) is 12.0 Å². The van der Waals surface area contributed by atoms with E-state index in [9.17, 15) is 15.3 Å². The largest absolute Gasteiger partial charge is 0.396 e. The van der Waals surface area contributed by atoms with Gasteiger partial charge in [0.05, 0.1) is 51.3 Å². The number of ether oxygens (including phenoxy) is 3. The van der Waals surface area contributed by atoms with Gasteiger partial charge in [-0.1, -0.05) is 0 Å². The van der Waals surface area contributed by atoms with Crippen LogP contribution in [0, 0.1) is 10.8 Å². The molecule has 0 bridgehead atoms. The highest BCUT2D eigenvalue weighted by atomic mass is 16.6. The third-order valence-corrected chi connectivity index (χ3v) is 5.38. The van der Waals surface area contributed by atoms with E-state index in [-0.39, 0.29) is 43.5 Å². The van der Waals surface area contributed by atoms with Crippen LogP contribution in [-0.4, -0.2) is 73.3 Å². The molecule has 3 rings (SSSR count). The zero-order chi connectivity index (χ0) is 14.9. The summed E-state index contributed by atoms with van der Waals surface area (Å²) >= 11 is 0. The molecule has 3 fully saturated rings. The molecule has 0 aromatic heterocycles. The van der Waals surface area contributed by atoms with E-state index in [0.29, 0.717) is 6.42 Å². The van der Waals surface area contributed by atoms with E-state index < -0.39 is 5.41 Å². The molecule has 3 atom stereocenters. The van der Waals surface area contributed by atoms with E-state index in [0.717, 1.165) is 39.1 Å². The topological polar surface area (TPSA) is 98.3 Å². The Morgan fingerprint density at radius 3 is 1.33 bits per heavy atom. The number of hydrogen-bond acceptors (Lipinski definition) is 6. The van der Waals surface area contributed by atoms with Crippen LogP contribution in [0.15, 0.2) is 0 Å². The minimum atomic E-state index is -0.717. The molecule has 3 heterocycles. The molecule has 3 unspecified atom stereocenters. The van der Waals surface area contributed by atoms with Crippen LogP contribution in [-0.2, 0) is 14.2 Å². The smallest absolute Gasteiger partial charge is 0.0815 e. The predicted molar refractivity (Wildman–Crippen MR) is 73.8 cm³/mol. The highest BCUT2D eigenvalue weighted by molar-refractivity contribution is 5.05. The van der Waals surface area contributed by atoms with E-state index in [1.165, 1.54) is 0 Å². The van der Waals surface area contributed by atoms with Gasteiger partial charge in [-0.2, -0.15) is 0 Å². The average Bonchev–Trinajstić information content (AvgIpc) is 3.30. The molecular formula is C15H26O6. The molecule has 6 heteroatoms. The van der Waals surface area contributed by atoms with Crippen molar-refractivity contribution < 1.29 is 29.5 Å². The average molecular weight is 302 g/mol. The van der Waals surface area contributed by atoms with E-state index in [1.807, 2.05) is 0 Å². The van der Waals surface area contributed by atoms with Crippen molar-refractivity contribution in [3.8, 4) is 0 Å². The molecule has 0 saturated carbocycles. The van der Waals surface area contributed by atoms with Gasteiger partial charge in [-0.25, -0.2) is 0 Å². The predicted octanol–water partition coefficient (Wildman–Crippen LogP) is -0.307. The van der Waals surface area contributed by atoms with Crippen LogP contribution in [0.25, 0.3) is 0 Å². The van der Waals surface area contributed by atoms with Crippen molar-refractivity contribution in [1.82, 2.24) is 0 Å². The van der Waals surface area contributed by atoms with Crippen LogP contribution >= 0.6 is 0 Å². The van der Waals surface area contributed by atoms with Crippen LogP contribution in [0.3, 0.4) is 0 Å². The third kappa shape index (κ3) is 3.41. The molecular weight excluding hydrogens is 276 g/mol. The molecule has 3 aliphatic heterocycles. The van der Waals surface area contributed by atoms with E-state index in [1.54, 1.807) is 0 Å². The summed E-state index contributed by atoms with van der Waals surface area (Å²) in [6.45, 7) is 1.89. The maximum atomic E-state index is 10.0. The molecule has 0 radical (unpaired) electrons. The van der Waals surface area contributed by atoms with E-state index in [4.69, 9.17) is 14.2 Å². The molecule has 0 aromatic rings. The summed E-state index contributed by atoms with van der Waals surface area (Å²) in [5.41, 5.74) is -1.03. The Labute approximate surface area is 125 Å². The maximum absolute atomic E-state index is 10.0. The summed E-state index contributed by atoms with van der Waals surface area (Å²) in [5.74, 6) is 0. The zero-order valence-electron chi connectivity index (χ0n) is 12.4. The minimum Gasteiger partial charge on any atom is -0.396 e. The van der Waals surface area contributed by atoms with Crippen LogP contribution in [0.1, 0.15) is 25.7 Å². The first-order valence-electron chi connectivity index (χ1n) is 7.84. The monoisotopic (exact) mass is 302 g/mol. The lowest BCUT2D eigenvalue weighted by Crippen LogP contribution is -2.50. The van der Waals surface area contributed by atoms with Gasteiger partial charge in [0.1, 0.15) is 0 Å². The summed E-state index contributed by atoms with van der Waals surface area (Å²) in [7, 11) is 0. The lowest BCUT2D eigenvalue weighted by atomic mass is 9.56. The minimum absolute atomic E-state index is 0.0502. The van der Waals surface area contributed by atoms with Crippen molar-refractivity contribution in [3.05, 3.63) is 0 Å². The number of aliphatic hydroxyl groups is 3. The van der Waals surface area contributed by atoms with E-state index in [2.05, 4.69) is 0 Å². The molecule has 0 amide bonds. The molecule has 122 valence electrons. The Balaban J connectivity index is 1.87. The molecule has 0 aliphatic carbocycles. The molecule has 6 nitrogen and oxygen atoms in total. The first kappa shape index (κ1) is 15.6. The fourth-order valence-electron chi connectivity index (χ4n) is 3.79. The van der Waals surface area contributed by atoms with Crippen molar-refractivity contribution in [1.29, 1.82) is 0 Å². The van der Waals surface area contributed by atoms with Crippen molar-refractivity contribution in [2.45, 2.75) is 44.0 Å².